The van der Waals surface area contributed by atoms with Gasteiger partial charge in [-0.2, -0.15) is 0 Å². The molecule has 0 N–H and O–H groups in total. The van der Waals surface area contributed by atoms with Gasteiger partial charge in [-0.3, -0.25) is 0 Å². The molecule has 0 fully saturated rings. The Kier molecular flexibility index (Phi) is 8.11. The monoisotopic (exact) mass is 184 g/mol. The molecule has 1 heteroatoms. The second-order valence-electron chi connectivity index (χ2n) is 3.95. The fourth-order valence-corrected chi connectivity index (χ4v) is 1.23. The maximum absolute atomic E-state index is 5.32. The Morgan fingerprint density at radius 3 is 2.54 bits per heavy atom. The molecule has 0 spiro atoms. The van der Waals surface area contributed by atoms with E-state index in [2.05, 4.69) is 26.8 Å². The summed E-state index contributed by atoms with van der Waals surface area (Å²) in [4.78, 5) is 0. The fourth-order valence-electron chi connectivity index (χ4n) is 1.23. The van der Waals surface area contributed by atoms with Gasteiger partial charge in [-0.25, -0.2) is 0 Å². The van der Waals surface area contributed by atoms with E-state index in [0.717, 1.165) is 19.1 Å². The molecule has 0 rings (SSSR count). The molecule has 0 aliphatic carbocycles. The van der Waals surface area contributed by atoms with Gasteiger partial charge in [0.05, 0.1) is 0 Å². The molecular formula is C12H24O. The normalized spacial score (nSPS) is 12.6. The molecule has 1 atom stereocenters. The number of hydrogen-bond donors (Lipinski definition) is 0. The lowest BCUT2D eigenvalue weighted by molar-refractivity contribution is 0.133. The summed E-state index contributed by atoms with van der Waals surface area (Å²) >= 11 is 0. The second kappa shape index (κ2) is 8.31. The van der Waals surface area contributed by atoms with Crippen LogP contribution in [-0.2, 0) is 4.74 Å². The predicted molar refractivity (Wildman–Crippen MR) is 58.9 cm³/mol. The third-order valence-electron chi connectivity index (χ3n) is 2.17. The highest BCUT2D eigenvalue weighted by Crippen LogP contribution is 2.11. The van der Waals surface area contributed by atoms with Crippen LogP contribution in [-0.4, -0.2) is 13.2 Å². The molecule has 0 aromatic carbocycles. The van der Waals surface area contributed by atoms with Crippen molar-refractivity contribution in [3.8, 4) is 0 Å². The van der Waals surface area contributed by atoms with Crippen LogP contribution in [0.25, 0.3) is 0 Å². The Morgan fingerprint density at radius 1 is 1.31 bits per heavy atom. The van der Waals surface area contributed by atoms with E-state index in [1.807, 2.05) is 6.92 Å². The zero-order valence-corrected chi connectivity index (χ0v) is 9.60. The lowest BCUT2D eigenvalue weighted by Crippen LogP contribution is -2.01. The van der Waals surface area contributed by atoms with Crippen LogP contribution in [0.1, 0.15) is 47.0 Å². The van der Waals surface area contributed by atoms with Crippen molar-refractivity contribution in [2.45, 2.75) is 47.0 Å². The van der Waals surface area contributed by atoms with E-state index in [4.69, 9.17) is 4.74 Å². The standard InChI is InChI=1S/C12H24O/c1-5-13-10-9-12(4)8-6-7-11(2)3/h7,12H,5-6,8-10H2,1-4H3/t12-/m1/s1. The zero-order valence-electron chi connectivity index (χ0n) is 9.60. The minimum atomic E-state index is 0.794. The van der Waals surface area contributed by atoms with Gasteiger partial charge in [-0.1, -0.05) is 18.6 Å². The minimum Gasteiger partial charge on any atom is -0.382 e. The molecule has 0 aromatic rings. The first-order valence-electron chi connectivity index (χ1n) is 5.38. The van der Waals surface area contributed by atoms with Crippen molar-refractivity contribution in [1.82, 2.24) is 0 Å². The van der Waals surface area contributed by atoms with Gasteiger partial charge in [0.15, 0.2) is 0 Å². The van der Waals surface area contributed by atoms with Crippen molar-refractivity contribution < 1.29 is 4.74 Å². The summed E-state index contributed by atoms with van der Waals surface area (Å²) in [6.07, 6.45) is 6.02. The molecule has 13 heavy (non-hydrogen) atoms. The Bertz CT molecular complexity index is 134. The molecule has 0 aliphatic heterocycles. The molecule has 0 aromatic heterocycles. The number of allylic oxidation sites excluding steroid dienone is 2. The predicted octanol–water partition coefficient (Wildman–Crippen LogP) is 3.80. The van der Waals surface area contributed by atoms with E-state index in [1.165, 1.54) is 24.8 Å². The van der Waals surface area contributed by atoms with Gasteiger partial charge >= 0.3 is 0 Å². The molecule has 0 bridgehead atoms. The van der Waals surface area contributed by atoms with Gasteiger partial charge in [0.25, 0.3) is 0 Å². The molecule has 1 nitrogen and oxygen atoms in total. The van der Waals surface area contributed by atoms with Gasteiger partial charge in [0.1, 0.15) is 0 Å². The Balaban J connectivity index is 3.30. The average Bonchev–Trinajstić information content (AvgIpc) is 2.04. The van der Waals surface area contributed by atoms with Gasteiger partial charge in [-0.15, -0.1) is 0 Å². The van der Waals surface area contributed by atoms with Crippen molar-refractivity contribution in [3.05, 3.63) is 11.6 Å². The first kappa shape index (κ1) is 12.7. The van der Waals surface area contributed by atoms with E-state index in [9.17, 15) is 0 Å². The van der Waals surface area contributed by atoms with Gasteiger partial charge in [0.2, 0.25) is 0 Å². The van der Waals surface area contributed by atoms with Crippen LogP contribution < -0.4 is 0 Å². The van der Waals surface area contributed by atoms with Crippen LogP contribution in [0.2, 0.25) is 0 Å². The van der Waals surface area contributed by atoms with Crippen molar-refractivity contribution in [2.75, 3.05) is 13.2 Å². The van der Waals surface area contributed by atoms with E-state index in [-0.39, 0.29) is 0 Å². The topological polar surface area (TPSA) is 9.23 Å². The molecule has 0 amide bonds. The molecule has 0 saturated carbocycles. The van der Waals surface area contributed by atoms with Crippen molar-refractivity contribution >= 4 is 0 Å². The first-order chi connectivity index (χ1) is 6.16. The summed E-state index contributed by atoms with van der Waals surface area (Å²) in [6, 6.07) is 0. The SMILES string of the molecule is CCOCC[C@H](C)CCC=C(C)C. The molecule has 0 unspecified atom stereocenters. The fraction of sp³-hybridized carbons (Fsp3) is 0.833. The molecule has 0 radical (unpaired) electrons. The van der Waals surface area contributed by atoms with Crippen LogP contribution in [0.4, 0.5) is 0 Å². The van der Waals surface area contributed by atoms with E-state index in [1.54, 1.807) is 0 Å². The van der Waals surface area contributed by atoms with Crippen LogP contribution in [0.15, 0.2) is 11.6 Å². The highest BCUT2D eigenvalue weighted by Gasteiger charge is 1.99. The average molecular weight is 184 g/mol. The van der Waals surface area contributed by atoms with Crippen LogP contribution in [0.3, 0.4) is 0 Å². The molecule has 0 heterocycles. The Labute approximate surface area is 83.2 Å². The lowest BCUT2D eigenvalue weighted by atomic mass is 10.0. The molecule has 0 aliphatic rings. The quantitative estimate of drug-likeness (QED) is 0.432. The molecular weight excluding hydrogens is 160 g/mol. The van der Waals surface area contributed by atoms with Crippen molar-refractivity contribution in [3.63, 3.8) is 0 Å². The Morgan fingerprint density at radius 2 is 2.00 bits per heavy atom. The van der Waals surface area contributed by atoms with E-state index >= 15 is 0 Å². The third-order valence-corrected chi connectivity index (χ3v) is 2.17. The van der Waals surface area contributed by atoms with Gasteiger partial charge in [-0.05, 0) is 46.0 Å². The van der Waals surface area contributed by atoms with Crippen molar-refractivity contribution in [2.24, 2.45) is 5.92 Å². The summed E-state index contributed by atoms with van der Waals surface area (Å²) in [7, 11) is 0. The number of ether oxygens (including phenoxy) is 1. The summed E-state index contributed by atoms with van der Waals surface area (Å²) in [6.45, 7) is 10.4. The summed E-state index contributed by atoms with van der Waals surface area (Å²) < 4.78 is 5.32. The number of hydrogen-bond acceptors (Lipinski definition) is 1. The summed E-state index contributed by atoms with van der Waals surface area (Å²) in [5.41, 5.74) is 1.43. The largest absolute Gasteiger partial charge is 0.382 e. The Hall–Kier alpha value is -0.300. The number of rotatable bonds is 7. The highest BCUT2D eigenvalue weighted by molar-refractivity contribution is 4.92. The van der Waals surface area contributed by atoms with Crippen molar-refractivity contribution in [1.29, 1.82) is 0 Å². The highest BCUT2D eigenvalue weighted by atomic mass is 16.5. The molecule has 0 saturated heterocycles. The van der Waals surface area contributed by atoms with Crippen LogP contribution in [0.5, 0.6) is 0 Å². The summed E-state index contributed by atoms with van der Waals surface area (Å²) in [5, 5.41) is 0. The van der Waals surface area contributed by atoms with Gasteiger partial charge < -0.3 is 4.74 Å². The molecule has 78 valence electrons. The van der Waals surface area contributed by atoms with Crippen LogP contribution >= 0.6 is 0 Å². The summed E-state index contributed by atoms with van der Waals surface area (Å²) in [5.74, 6) is 0.794. The van der Waals surface area contributed by atoms with E-state index < -0.39 is 0 Å². The van der Waals surface area contributed by atoms with Gasteiger partial charge in [0, 0.05) is 13.2 Å². The first-order valence-corrected chi connectivity index (χ1v) is 5.38. The van der Waals surface area contributed by atoms with E-state index in [0.29, 0.717) is 0 Å². The maximum Gasteiger partial charge on any atom is 0.0468 e. The second-order valence-corrected chi connectivity index (χ2v) is 3.95. The maximum atomic E-state index is 5.32. The smallest absolute Gasteiger partial charge is 0.0468 e. The lowest BCUT2D eigenvalue weighted by Gasteiger charge is -2.09. The third kappa shape index (κ3) is 9.62. The van der Waals surface area contributed by atoms with Crippen LogP contribution in [0, 0.1) is 5.92 Å². The minimum absolute atomic E-state index is 0.794. The zero-order chi connectivity index (χ0) is 10.1.